The highest BCUT2D eigenvalue weighted by Gasteiger charge is 2.53. The van der Waals surface area contributed by atoms with Crippen molar-refractivity contribution in [1.82, 2.24) is 4.90 Å². The van der Waals surface area contributed by atoms with Crippen LogP contribution in [0.2, 0.25) is 0 Å². The van der Waals surface area contributed by atoms with Crippen LogP contribution in [0, 0.1) is 17.8 Å². The molecule has 26 heavy (non-hydrogen) atoms. The summed E-state index contributed by atoms with van der Waals surface area (Å²) in [6, 6.07) is 5.71. The van der Waals surface area contributed by atoms with Gasteiger partial charge in [-0.1, -0.05) is 19.9 Å². The molecular weight excluding hydrogens is 353 g/mol. The number of urea groups is 1. The number of amides is 2. The molecule has 1 fully saturated rings. The Bertz CT molecular complexity index is 664. The lowest BCUT2D eigenvalue weighted by Crippen LogP contribution is -2.35. The van der Waals surface area contributed by atoms with Crippen LogP contribution in [-0.4, -0.2) is 47.9 Å². The van der Waals surface area contributed by atoms with Gasteiger partial charge in [-0.25, -0.2) is 4.79 Å². The molecule has 144 valence electrons. The monoisotopic (exact) mass is 374 g/mol. The second-order valence-electron chi connectivity index (χ2n) is 6.66. The normalized spacial score (nSPS) is 20.3. The van der Waals surface area contributed by atoms with Crippen LogP contribution < -0.4 is 10.1 Å². The smallest absolute Gasteiger partial charge is 0.394 e. The van der Waals surface area contributed by atoms with Crippen molar-refractivity contribution in [3.05, 3.63) is 24.3 Å². The molecule has 9 heteroatoms. The minimum absolute atomic E-state index is 0.310. The maximum absolute atomic E-state index is 13.0. The van der Waals surface area contributed by atoms with Gasteiger partial charge in [-0.3, -0.25) is 4.79 Å². The van der Waals surface area contributed by atoms with Crippen LogP contribution in [0.5, 0.6) is 5.75 Å². The molecule has 1 saturated heterocycles. The van der Waals surface area contributed by atoms with E-state index in [1.807, 2.05) is 13.8 Å². The maximum Gasteiger partial charge on any atom is 0.394 e. The van der Waals surface area contributed by atoms with Crippen LogP contribution >= 0.6 is 0 Å². The Kier molecular flexibility index (Phi) is 5.99. The van der Waals surface area contributed by atoms with E-state index in [0.29, 0.717) is 24.0 Å². The number of likely N-dealkylation sites (tertiary alicyclic amines) is 1. The average molecular weight is 374 g/mol. The number of nitrogens with zero attached hydrogens (tertiary/aromatic N) is 1. The van der Waals surface area contributed by atoms with Gasteiger partial charge in [0.2, 0.25) is 0 Å². The van der Waals surface area contributed by atoms with Gasteiger partial charge in [0.05, 0.1) is 18.4 Å². The Hall–Kier alpha value is -2.45. The van der Waals surface area contributed by atoms with Gasteiger partial charge in [0, 0.05) is 24.8 Å². The topological polar surface area (TPSA) is 78.9 Å². The molecule has 0 bridgehead atoms. The third kappa shape index (κ3) is 5.03. The van der Waals surface area contributed by atoms with Crippen molar-refractivity contribution in [3.63, 3.8) is 0 Å². The standard InChI is InChI=1S/C17H21F3N2O4/c1-10(2)9-26-12-5-3-4-11(6-12)21-16(25)22-7-13(15(23)24)14(8-22)17(18,19)20/h3-6,10,13-14H,7-9H2,1-2H3,(H,21,25)(H,23,24)/t13-,14-/m1/s1. The van der Waals surface area contributed by atoms with E-state index in [1.165, 1.54) is 0 Å². The van der Waals surface area contributed by atoms with Crippen molar-refractivity contribution < 1.29 is 32.6 Å². The van der Waals surface area contributed by atoms with Crippen molar-refractivity contribution in [2.75, 3.05) is 25.0 Å². The zero-order valence-corrected chi connectivity index (χ0v) is 14.4. The third-order valence-corrected chi connectivity index (χ3v) is 4.01. The number of aliphatic carboxylic acids is 1. The number of ether oxygens (including phenoxy) is 1. The molecule has 1 aliphatic heterocycles. The summed E-state index contributed by atoms with van der Waals surface area (Å²) in [5, 5.41) is 11.5. The van der Waals surface area contributed by atoms with Crippen LogP contribution in [0.25, 0.3) is 0 Å². The number of hydrogen-bond donors (Lipinski definition) is 2. The molecule has 0 aromatic heterocycles. The molecule has 6 nitrogen and oxygen atoms in total. The quantitative estimate of drug-likeness (QED) is 0.827. The molecule has 1 aromatic carbocycles. The second kappa shape index (κ2) is 7.84. The van der Waals surface area contributed by atoms with Gasteiger partial charge in [-0.05, 0) is 18.1 Å². The molecule has 0 unspecified atom stereocenters. The van der Waals surface area contributed by atoms with Crippen molar-refractivity contribution in [2.45, 2.75) is 20.0 Å². The first kappa shape index (κ1) is 19.9. The molecule has 2 atom stereocenters. The van der Waals surface area contributed by atoms with E-state index in [0.717, 1.165) is 4.90 Å². The fourth-order valence-corrected chi connectivity index (χ4v) is 2.68. The molecule has 1 aliphatic rings. The Morgan fingerprint density at radius 2 is 2.04 bits per heavy atom. The highest BCUT2D eigenvalue weighted by molar-refractivity contribution is 5.90. The Morgan fingerprint density at radius 1 is 1.35 bits per heavy atom. The zero-order valence-electron chi connectivity index (χ0n) is 14.4. The Balaban J connectivity index is 2.04. The minimum atomic E-state index is -4.68. The van der Waals surface area contributed by atoms with E-state index in [2.05, 4.69) is 5.32 Å². The van der Waals surface area contributed by atoms with Gasteiger partial charge >= 0.3 is 18.2 Å². The predicted molar refractivity (Wildman–Crippen MR) is 88.0 cm³/mol. The predicted octanol–water partition coefficient (Wildman–Crippen LogP) is 3.45. The molecule has 0 spiro atoms. The number of carbonyl (C=O) groups is 2. The fourth-order valence-electron chi connectivity index (χ4n) is 2.68. The first-order valence-electron chi connectivity index (χ1n) is 8.16. The van der Waals surface area contributed by atoms with Crippen molar-refractivity contribution in [1.29, 1.82) is 0 Å². The maximum atomic E-state index is 13.0. The molecule has 1 heterocycles. The second-order valence-corrected chi connectivity index (χ2v) is 6.66. The number of alkyl halides is 3. The van der Waals surface area contributed by atoms with Gasteiger partial charge in [-0.15, -0.1) is 0 Å². The SMILES string of the molecule is CC(C)COc1cccc(NC(=O)N2C[C@@H](C(F)(F)F)[C@H](C(=O)O)C2)c1. The summed E-state index contributed by atoms with van der Waals surface area (Å²) in [6.45, 7) is 3.27. The van der Waals surface area contributed by atoms with Gasteiger partial charge in [0.1, 0.15) is 5.75 Å². The largest absolute Gasteiger partial charge is 0.493 e. The molecule has 2 N–H and O–H groups in total. The van der Waals surface area contributed by atoms with Gasteiger partial charge in [-0.2, -0.15) is 13.2 Å². The first-order valence-corrected chi connectivity index (χ1v) is 8.16. The van der Waals surface area contributed by atoms with Crippen LogP contribution in [-0.2, 0) is 4.79 Å². The first-order chi connectivity index (χ1) is 12.1. The van der Waals surface area contributed by atoms with E-state index < -0.39 is 43.1 Å². The molecule has 0 saturated carbocycles. The average Bonchev–Trinajstić information content (AvgIpc) is 2.99. The minimum Gasteiger partial charge on any atom is -0.493 e. The summed E-state index contributed by atoms with van der Waals surface area (Å²) in [5.41, 5.74) is 0.360. The summed E-state index contributed by atoms with van der Waals surface area (Å²) in [6.07, 6.45) is -4.68. The lowest BCUT2D eigenvalue weighted by Gasteiger charge is -2.19. The van der Waals surface area contributed by atoms with Crippen LogP contribution in [0.4, 0.5) is 23.7 Å². The van der Waals surface area contributed by atoms with E-state index in [9.17, 15) is 22.8 Å². The number of benzene rings is 1. The summed E-state index contributed by atoms with van der Waals surface area (Å²) in [7, 11) is 0. The number of nitrogens with one attached hydrogen (secondary N) is 1. The fraction of sp³-hybridized carbons (Fsp3) is 0.529. The number of carboxylic acids is 1. The van der Waals surface area contributed by atoms with Crippen molar-refractivity contribution in [2.24, 2.45) is 17.8 Å². The number of anilines is 1. The van der Waals surface area contributed by atoms with Crippen molar-refractivity contribution >= 4 is 17.7 Å². The number of carbonyl (C=O) groups excluding carboxylic acids is 1. The summed E-state index contributed by atoms with van der Waals surface area (Å²) in [4.78, 5) is 24.2. The molecule has 1 aromatic rings. The number of hydrogen-bond acceptors (Lipinski definition) is 3. The van der Waals surface area contributed by atoms with Crippen LogP contribution in [0.1, 0.15) is 13.8 Å². The number of rotatable bonds is 5. The molecule has 2 amide bonds. The third-order valence-electron chi connectivity index (χ3n) is 4.01. The highest BCUT2D eigenvalue weighted by atomic mass is 19.4. The number of halogens is 3. The van der Waals surface area contributed by atoms with Gasteiger partial charge < -0.3 is 20.1 Å². The molecule has 0 aliphatic carbocycles. The van der Waals surface area contributed by atoms with Gasteiger partial charge in [0.25, 0.3) is 0 Å². The molecule has 2 rings (SSSR count). The van der Waals surface area contributed by atoms with E-state index in [1.54, 1.807) is 24.3 Å². The molecule has 0 radical (unpaired) electrons. The van der Waals surface area contributed by atoms with Crippen LogP contribution in [0.15, 0.2) is 24.3 Å². The van der Waals surface area contributed by atoms with E-state index in [-0.39, 0.29) is 0 Å². The molecular formula is C17H21F3N2O4. The van der Waals surface area contributed by atoms with Gasteiger partial charge in [0.15, 0.2) is 0 Å². The Labute approximate surface area is 148 Å². The van der Waals surface area contributed by atoms with E-state index >= 15 is 0 Å². The summed E-state index contributed by atoms with van der Waals surface area (Å²) >= 11 is 0. The highest BCUT2D eigenvalue weighted by Crippen LogP contribution is 2.38. The Morgan fingerprint density at radius 3 is 2.58 bits per heavy atom. The summed E-state index contributed by atoms with van der Waals surface area (Å²) < 4.78 is 44.5. The van der Waals surface area contributed by atoms with E-state index in [4.69, 9.17) is 9.84 Å². The number of carboxylic acid groups (broad SMARTS) is 1. The lowest BCUT2D eigenvalue weighted by molar-refractivity contribution is -0.187. The zero-order chi connectivity index (χ0) is 19.5. The van der Waals surface area contributed by atoms with Crippen molar-refractivity contribution in [3.8, 4) is 5.75 Å². The van der Waals surface area contributed by atoms with Crippen LogP contribution in [0.3, 0.4) is 0 Å². The summed E-state index contributed by atoms with van der Waals surface area (Å²) in [5.74, 6) is -4.47. The lowest BCUT2D eigenvalue weighted by atomic mass is 9.96.